The number of nitrogens with one attached hydrogen (secondary N) is 1. The molecular formula is C9H17NO2. The van der Waals surface area contributed by atoms with Crippen LogP contribution in [0.3, 0.4) is 0 Å². The molecule has 0 bridgehead atoms. The van der Waals surface area contributed by atoms with E-state index in [9.17, 15) is 4.79 Å². The van der Waals surface area contributed by atoms with Gasteiger partial charge in [-0.15, -0.1) is 0 Å². The lowest BCUT2D eigenvalue weighted by Gasteiger charge is -2.07. The van der Waals surface area contributed by atoms with Gasteiger partial charge in [-0.1, -0.05) is 11.6 Å². The van der Waals surface area contributed by atoms with E-state index < -0.39 is 0 Å². The molecule has 12 heavy (non-hydrogen) atoms. The molecule has 0 unspecified atom stereocenters. The van der Waals surface area contributed by atoms with Gasteiger partial charge < -0.3 is 10.1 Å². The molecule has 3 heteroatoms. The number of carbonyl (C=O) groups excluding carboxylic acids is 1. The third-order valence-electron chi connectivity index (χ3n) is 1.10. The van der Waals surface area contributed by atoms with Crippen molar-refractivity contribution < 1.29 is 9.53 Å². The fourth-order valence-corrected chi connectivity index (χ4v) is 0.594. The molecular weight excluding hydrogens is 154 g/mol. The zero-order chi connectivity index (χ0) is 9.56. The fraction of sp³-hybridized carbons (Fsp3) is 0.667. The second kappa shape index (κ2) is 5.63. The number of carbonyl (C=O) groups is 1. The van der Waals surface area contributed by atoms with Crippen LogP contribution in [-0.4, -0.2) is 18.7 Å². The SMILES string of the molecule is CC(C)=CCNC(=O)OC(C)C. The van der Waals surface area contributed by atoms with E-state index in [1.807, 2.05) is 33.8 Å². The van der Waals surface area contributed by atoms with Gasteiger partial charge in [-0.3, -0.25) is 0 Å². The second-order valence-electron chi connectivity index (χ2n) is 3.12. The van der Waals surface area contributed by atoms with E-state index in [-0.39, 0.29) is 12.2 Å². The van der Waals surface area contributed by atoms with Gasteiger partial charge in [-0.2, -0.15) is 0 Å². The molecule has 0 spiro atoms. The molecule has 1 N–H and O–H groups in total. The highest BCUT2D eigenvalue weighted by atomic mass is 16.6. The Hall–Kier alpha value is -0.990. The van der Waals surface area contributed by atoms with Gasteiger partial charge in [-0.05, 0) is 27.7 Å². The molecule has 0 rings (SSSR count). The molecule has 1 amide bonds. The normalized spacial score (nSPS) is 9.42. The van der Waals surface area contributed by atoms with Crippen LogP contribution in [0.2, 0.25) is 0 Å². The fourth-order valence-electron chi connectivity index (χ4n) is 0.594. The largest absolute Gasteiger partial charge is 0.447 e. The van der Waals surface area contributed by atoms with Crippen molar-refractivity contribution >= 4 is 6.09 Å². The van der Waals surface area contributed by atoms with Gasteiger partial charge in [0.05, 0.1) is 6.10 Å². The summed E-state index contributed by atoms with van der Waals surface area (Å²) in [6, 6.07) is 0. The smallest absolute Gasteiger partial charge is 0.407 e. The molecule has 0 atom stereocenters. The molecule has 0 aliphatic carbocycles. The number of allylic oxidation sites excluding steroid dienone is 1. The molecule has 0 aromatic heterocycles. The standard InChI is InChI=1S/C9H17NO2/c1-7(2)5-6-10-9(11)12-8(3)4/h5,8H,6H2,1-4H3,(H,10,11). The average Bonchev–Trinajstić information content (AvgIpc) is 1.84. The first kappa shape index (κ1) is 11.0. The lowest BCUT2D eigenvalue weighted by atomic mass is 10.3. The summed E-state index contributed by atoms with van der Waals surface area (Å²) in [5, 5.41) is 2.61. The molecule has 0 saturated heterocycles. The van der Waals surface area contributed by atoms with Crippen LogP contribution in [0.15, 0.2) is 11.6 Å². The molecule has 3 nitrogen and oxygen atoms in total. The molecule has 0 radical (unpaired) electrons. The maximum absolute atomic E-state index is 10.9. The Bertz CT molecular complexity index is 169. The monoisotopic (exact) mass is 171 g/mol. The molecule has 0 fully saturated rings. The van der Waals surface area contributed by atoms with Gasteiger partial charge in [0.2, 0.25) is 0 Å². The number of hydrogen-bond acceptors (Lipinski definition) is 2. The van der Waals surface area contributed by atoms with Crippen molar-refractivity contribution in [1.82, 2.24) is 5.32 Å². The van der Waals surface area contributed by atoms with Crippen LogP contribution < -0.4 is 5.32 Å². The Morgan fingerprint density at radius 2 is 2.08 bits per heavy atom. The summed E-state index contributed by atoms with van der Waals surface area (Å²) in [4.78, 5) is 10.9. The summed E-state index contributed by atoms with van der Waals surface area (Å²) >= 11 is 0. The highest BCUT2D eigenvalue weighted by Crippen LogP contribution is 1.89. The van der Waals surface area contributed by atoms with Crippen molar-refractivity contribution in [1.29, 1.82) is 0 Å². The van der Waals surface area contributed by atoms with Crippen LogP contribution in [0.1, 0.15) is 27.7 Å². The van der Waals surface area contributed by atoms with Crippen molar-refractivity contribution in [3.63, 3.8) is 0 Å². The Morgan fingerprint density at radius 1 is 1.50 bits per heavy atom. The van der Waals surface area contributed by atoms with Crippen LogP contribution >= 0.6 is 0 Å². The first-order valence-electron chi connectivity index (χ1n) is 4.10. The maximum Gasteiger partial charge on any atom is 0.407 e. The van der Waals surface area contributed by atoms with E-state index in [0.717, 1.165) is 0 Å². The molecule has 70 valence electrons. The second-order valence-corrected chi connectivity index (χ2v) is 3.12. The third-order valence-corrected chi connectivity index (χ3v) is 1.10. The molecule has 0 aliphatic heterocycles. The van der Waals surface area contributed by atoms with E-state index in [2.05, 4.69) is 5.32 Å². The first-order valence-corrected chi connectivity index (χ1v) is 4.10. The van der Waals surface area contributed by atoms with Crippen LogP contribution in [0.5, 0.6) is 0 Å². The van der Waals surface area contributed by atoms with Gasteiger partial charge in [-0.25, -0.2) is 4.79 Å². The lowest BCUT2D eigenvalue weighted by molar-refractivity contribution is 0.116. The molecule has 0 saturated carbocycles. The van der Waals surface area contributed by atoms with Crippen molar-refractivity contribution in [2.75, 3.05) is 6.54 Å². The maximum atomic E-state index is 10.9. The summed E-state index contributed by atoms with van der Waals surface area (Å²) < 4.78 is 4.85. The number of ether oxygens (including phenoxy) is 1. The van der Waals surface area contributed by atoms with Gasteiger partial charge in [0.25, 0.3) is 0 Å². The van der Waals surface area contributed by atoms with E-state index in [1.165, 1.54) is 5.57 Å². The Labute approximate surface area is 73.8 Å². The Balaban J connectivity index is 3.51. The first-order chi connectivity index (χ1) is 5.52. The molecule has 0 aromatic rings. The van der Waals surface area contributed by atoms with Crippen molar-refractivity contribution in [2.45, 2.75) is 33.8 Å². The minimum absolute atomic E-state index is 0.0586. The lowest BCUT2D eigenvalue weighted by Crippen LogP contribution is -2.26. The van der Waals surface area contributed by atoms with Gasteiger partial charge >= 0.3 is 6.09 Å². The Morgan fingerprint density at radius 3 is 2.50 bits per heavy atom. The van der Waals surface area contributed by atoms with Gasteiger partial charge in [0, 0.05) is 6.54 Å². The number of amides is 1. The highest BCUT2D eigenvalue weighted by molar-refractivity contribution is 5.67. The number of hydrogen-bond donors (Lipinski definition) is 1. The molecule has 0 heterocycles. The van der Waals surface area contributed by atoms with E-state index >= 15 is 0 Å². The van der Waals surface area contributed by atoms with Crippen LogP contribution in [0, 0.1) is 0 Å². The van der Waals surface area contributed by atoms with Gasteiger partial charge in [0.15, 0.2) is 0 Å². The van der Waals surface area contributed by atoms with Crippen molar-refractivity contribution in [3.05, 3.63) is 11.6 Å². The Kier molecular flexibility index (Phi) is 5.17. The third kappa shape index (κ3) is 7.12. The highest BCUT2D eigenvalue weighted by Gasteiger charge is 2.01. The zero-order valence-electron chi connectivity index (χ0n) is 8.18. The predicted molar refractivity (Wildman–Crippen MR) is 49.1 cm³/mol. The van der Waals surface area contributed by atoms with E-state index in [1.54, 1.807) is 0 Å². The zero-order valence-corrected chi connectivity index (χ0v) is 8.18. The predicted octanol–water partition coefficient (Wildman–Crippen LogP) is 2.09. The number of rotatable bonds is 3. The van der Waals surface area contributed by atoms with Crippen LogP contribution in [0.4, 0.5) is 4.79 Å². The molecule has 0 aromatic carbocycles. The average molecular weight is 171 g/mol. The van der Waals surface area contributed by atoms with Crippen LogP contribution in [-0.2, 0) is 4.74 Å². The summed E-state index contributed by atoms with van der Waals surface area (Å²) in [5.74, 6) is 0. The minimum Gasteiger partial charge on any atom is -0.447 e. The topological polar surface area (TPSA) is 38.3 Å². The molecule has 0 aliphatic rings. The van der Waals surface area contributed by atoms with Crippen molar-refractivity contribution in [2.24, 2.45) is 0 Å². The summed E-state index contributed by atoms with van der Waals surface area (Å²) in [6.45, 7) is 8.14. The van der Waals surface area contributed by atoms with E-state index in [4.69, 9.17) is 4.74 Å². The summed E-state index contributed by atoms with van der Waals surface area (Å²) in [7, 11) is 0. The van der Waals surface area contributed by atoms with Crippen LogP contribution in [0.25, 0.3) is 0 Å². The number of alkyl carbamates (subject to hydrolysis) is 1. The van der Waals surface area contributed by atoms with Gasteiger partial charge in [0.1, 0.15) is 0 Å². The summed E-state index contributed by atoms with van der Waals surface area (Å²) in [6.07, 6.45) is 1.51. The summed E-state index contributed by atoms with van der Waals surface area (Å²) in [5.41, 5.74) is 1.18. The van der Waals surface area contributed by atoms with E-state index in [0.29, 0.717) is 6.54 Å². The van der Waals surface area contributed by atoms with Crippen molar-refractivity contribution in [3.8, 4) is 0 Å². The minimum atomic E-state index is -0.359. The quantitative estimate of drug-likeness (QED) is 0.660.